The van der Waals surface area contributed by atoms with Crippen LogP contribution >= 0.6 is 11.6 Å². The summed E-state index contributed by atoms with van der Waals surface area (Å²) in [5.41, 5.74) is 2.05. The van der Waals surface area contributed by atoms with Gasteiger partial charge in [0.15, 0.2) is 0 Å². The van der Waals surface area contributed by atoms with E-state index in [0.29, 0.717) is 16.3 Å². The minimum absolute atomic E-state index is 0.0304. The molecule has 180 valence electrons. The van der Waals surface area contributed by atoms with Gasteiger partial charge in [-0.15, -0.1) is 0 Å². The first-order valence-electron chi connectivity index (χ1n) is 11.9. The summed E-state index contributed by atoms with van der Waals surface area (Å²) >= 11 is 6.12. The van der Waals surface area contributed by atoms with Crippen molar-refractivity contribution in [2.24, 2.45) is 0 Å². The number of rotatable bonds is 4. The van der Waals surface area contributed by atoms with Gasteiger partial charge in [0, 0.05) is 22.2 Å². The number of carbonyl (C=O) groups excluding carboxylic acids is 2. The lowest BCUT2D eigenvalue weighted by molar-refractivity contribution is -0.141. The summed E-state index contributed by atoms with van der Waals surface area (Å²) in [6, 6.07) is 11.9. The lowest BCUT2D eigenvalue weighted by atomic mass is 9.84. The summed E-state index contributed by atoms with van der Waals surface area (Å²) in [5.74, 6) is -0.639. The van der Waals surface area contributed by atoms with Crippen molar-refractivity contribution in [3.8, 4) is 5.75 Å². The molecule has 34 heavy (non-hydrogen) atoms. The Bertz CT molecular complexity index is 1120. The summed E-state index contributed by atoms with van der Waals surface area (Å²) < 4.78 is 5.53. The monoisotopic (exact) mass is 481 g/mol. The van der Waals surface area contributed by atoms with Crippen LogP contribution in [0.2, 0.25) is 5.02 Å². The van der Waals surface area contributed by atoms with E-state index in [1.807, 2.05) is 18.2 Å². The zero-order valence-electron chi connectivity index (χ0n) is 20.2. The number of aliphatic hydroxyl groups excluding tert-OH is 1. The maximum Gasteiger partial charge on any atom is 0.295 e. The van der Waals surface area contributed by atoms with E-state index < -0.39 is 17.7 Å². The van der Waals surface area contributed by atoms with Crippen LogP contribution in [0.25, 0.3) is 5.76 Å². The van der Waals surface area contributed by atoms with Gasteiger partial charge in [0.1, 0.15) is 11.5 Å². The van der Waals surface area contributed by atoms with Crippen LogP contribution in [0.4, 0.5) is 0 Å². The molecule has 1 saturated heterocycles. The molecule has 2 aliphatic rings. The average Bonchev–Trinajstić information content (AvgIpc) is 3.09. The molecule has 5 nitrogen and oxygen atoms in total. The van der Waals surface area contributed by atoms with Crippen molar-refractivity contribution >= 4 is 29.1 Å². The van der Waals surface area contributed by atoms with Crippen LogP contribution < -0.4 is 4.74 Å². The largest absolute Gasteiger partial charge is 0.507 e. The fraction of sp³-hybridized carbons (Fsp3) is 0.429. The molecule has 4 rings (SSSR count). The number of carbonyl (C=O) groups is 2. The van der Waals surface area contributed by atoms with Crippen LogP contribution in [0, 0.1) is 0 Å². The zero-order chi connectivity index (χ0) is 24.6. The van der Waals surface area contributed by atoms with Crippen LogP contribution in [0.1, 0.15) is 75.6 Å². The quantitative estimate of drug-likeness (QED) is 0.311. The smallest absolute Gasteiger partial charge is 0.295 e. The normalized spacial score (nSPS) is 21.2. The Labute approximate surface area is 206 Å². The number of halogens is 1. The van der Waals surface area contributed by atoms with Gasteiger partial charge < -0.3 is 14.7 Å². The van der Waals surface area contributed by atoms with Crippen LogP contribution in [0.15, 0.2) is 48.0 Å². The summed E-state index contributed by atoms with van der Waals surface area (Å²) in [6.07, 6.45) is 4.89. The van der Waals surface area contributed by atoms with E-state index in [1.165, 1.54) is 0 Å². The number of hydrogen-bond acceptors (Lipinski definition) is 4. The van der Waals surface area contributed by atoms with E-state index in [9.17, 15) is 14.7 Å². The van der Waals surface area contributed by atoms with Crippen molar-refractivity contribution < 1.29 is 19.4 Å². The van der Waals surface area contributed by atoms with Gasteiger partial charge in [-0.2, -0.15) is 0 Å². The topological polar surface area (TPSA) is 66.8 Å². The highest BCUT2D eigenvalue weighted by molar-refractivity contribution is 6.46. The van der Waals surface area contributed by atoms with Crippen molar-refractivity contribution in [1.82, 2.24) is 4.90 Å². The van der Waals surface area contributed by atoms with Gasteiger partial charge in [0.2, 0.25) is 0 Å². The van der Waals surface area contributed by atoms with Crippen LogP contribution in [0.3, 0.4) is 0 Å². The first-order chi connectivity index (χ1) is 16.1. The van der Waals surface area contributed by atoms with Gasteiger partial charge in [-0.1, -0.05) is 63.8 Å². The summed E-state index contributed by atoms with van der Waals surface area (Å²) in [5, 5.41) is 12.1. The Morgan fingerprint density at radius 1 is 1.03 bits per heavy atom. The molecule has 2 fully saturated rings. The number of methoxy groups -OCH3 is 1. The lowest BCUT2D eigenvalue weighted by Crippen LogP contribution is -2.40. The lowest BCUT2D eigenvalue weighted by Gasteiger charge is -2.35. The molecule has 1 aliphatic carbocycles. The number of ether oxygens (including phenoxy) is 1. The van der Waals surface area contributed by atoms with Gasteiger partial charge in [-0.25, -0.2) is 0 Å². The number of aliphatic hydroxyl groups is 1. The number of amides is 1. The Kier molecular flexibility index (Phi) is 6.77. The maximum absolute atomic E-state index is 13.4. The van der Waals surface area contributed by atoms with Crippen molar-refractivity contribution in [2.75, 3.05) is 7.11 Å². The van der Waals surface area contributed by atoms with Crippen molar-refractivity contribution in [1.29, 1.82) is 0 Å². The average molecular weight is 482 g/mol. The van der Waals surface area contributed by atoms with Crippen LogP contribution in [-0.2, 0) is 15.0 Å². The molecule has 1 aliphatic heterocycles. The fourth-order valence-corrected chi connectivity index (χ4v) is 5.28. The minimum atomic E-state index is -0.652. The Balaban J connectivity index is 1.89. The fourth-order valence-electron chi connectivity index (χ4n) is 5.16. The summed E-state index contributed by atoms with van der Waals surface area (Å²) in [6.45, 7) is 6.18. The van der Waals surface area contributed by atoms with Crippen LogP contribution in [-0.4, -0.2) is 34.8 Å². The van der Waals surface area contributed by atoms with Gasteiger partial charge >= 0.3 is 0 Å². The van der Waals surface area contributed by atoms with E-state index in [0.717, 1.165) is 43.2 Å². The first kappa shape index (κ1) is 24.3. The number of Topliss-reactive ketones (excluding diaryl/α,β-unsaturated/α-hetero) is 1. The third kappa shape index (κ3) is 4.46. The number of benzene rings is 2. The Morgan fingerprint density at radius 2 is 1.68 bits per heavy atom. The predicted molar refractivity (Wildman–Crippen MR) is 134 cm³/mol. The number of likely N-dealkylation sites (tertiary alicyclic amines) is 1. The molecule has 1 heterocycles. The van der Waals surface area contributed by atoms with Gasteiger partial charge in [0.25, 0.3) is 11.7 Å². The summed E-state index contributed by atoms with van der Waals surface area (Å²) in [7, 11) is 1.61. The van der Waals surface area contributed by atoms with Gasteiger partial charge in [-0.3, -0.25) is 9.59 Å². The predicted octanol–water partition coefficient (Wildman–Crippen LogP) is 6.40. The molecular formula is C28H32ClNO4. The van der Waals surface area contributed by atoms with Gasteiger partial charge in [0.05, 0.1) is 18.7 Å². The standard InChI is InChI=1S/C28H32ClNO4/c1-28(2,3)21-16-18(12-15-22(21)34-4)25(31)23-24(17-10-13-19(29)14-11-17)30(27(33)26(23)32)20-8-6-5-7-9-20/h10-16,20,24,31H,5-9H2,1-4H3/b25-23-. The highest BCUT2D eigenvalue weighted by atomic mass is 35.5. The first-order valence-corrected chi connectivity index (χ1v) is 12.3. The molecule has 1 atom stereocenters. The highest BCUT2D eigenvalue weighted by Gasteiger charge is 2.48. The molecule has 0 spiro atoms. The summed E-state index contributed by atoms with van der Waals surface area (Å²) in [4.78, 5) is 28.4. The molecule has 0 aromatic heterocycles. The Hall–Kier alpha value is -2.79. The molecule has 6 heteroatoms. The second kappa shape index (κ2) is 9.46. The molecule has 0 bridgehead atoms. The molecule has 1 unspecified atom stereocenters. The number of hydrogen-bond donors (Lipinski definition) is 1. The van der Waals surface area contributed by atoms with E-state index in [2.05, 4.69) is 20.8 Å². The number of nitrogens with zero attached hydrogens (tertiary/aromatic N) is 1. The highest BCUT2D eigenvalue weighted by Crippen LogP contribution is 2.44. The Morgan fingerprint density at radius 3 is 2.26 bits per heavy atom. The number of ketones is 1. The second-order valence-electron chi connectivity index (χ2n) is 10.2. The van der Waals surface area contributed by atoms with Crippen LogP contribution in [0.5, 0.6) is 5.75 Å². The molecule has 0 radical (unpaired) electrons. The third-order valence-electron chi connectivity index (χ3n) is 6.91. The minimum Gasteiger partial charge on any atom is -0.507 e. The maximum atomic E-state index is 13.4. The van der Waals surface area contributed by atoms with Gasteiger partial charge in [-0.05, 0) is 54.2 Å². The molecular weight excluding hydrogens is 450 g/mol. The zero-order valence-corrected chi connectivity index (χ0v) is 21.0. The molecule has 1 amide bonds. The van der Waals surface area contributed by atoms with Crippen molar-refractivity contribution in [3.63, 3.8) is 0 Å². The molecule has 1 saturated carbocycles. The van der Waals surface area contributed by atoms with E-state index >= 15 is 0 Å². The molecule has 2 aromatic carbocycles. The SMILES string of the molecule is COc1ccc(/C(O)=C2/C(=O)C(=O)N(C3CCCCC3)C2c2ccc(Cl)cc2)cc1C(C)(C)C. The third-order valence-corrected chi connectivity index (χ3v) is 7.17. The van der Waals surface area contributed by atoms with E-state index in [-0.39, 0.29) is 22.8 Å². The van der Waals surface area contributed by atoms with E-state index in [1.54, 1.807) is 36.3 Å². The molecule has 2 aromatic rings. The van der Waals surface area contributed by atoms with E-state index in [4.69, 9.17) is 16.3 Å². The molecule has 1 N–H and O–H groups in total. The van der Waals surface area contributed by atoms with Crippen molar-refractivity contribution in [2.45, 2.75) is 70.4 Å². The second-order valence-corrected chi connectivity index (χ2v) is 10.7. The van der Waals surface area contributed by atoms with Crippen molar-refractivity contribution in [3.05, 3.63) is 69.8 Å².